The number of benzene rings is 2. The maximum Gasteiger partial charge on any atom is 0.272 e. The van der Waals surface area contributed by atoms with Gasteiger partial charge < -0.3 is 0 Å². The normalized spacial score (nSPS) is 11.3. The van der Waals surface area contributed by atoms with E-state index in [0.29, 0.717) is 5.02 Å². The minimum absolute atomic E-state index is 0.221. The Labute approximate surface area is 154 Å². The molecule has 0 saturated heterocycles. The molecule has 0 aliphatic carbocycles. The lowest BCUT2D eigenvalue weighted by molar-refractivity contribution is 0.0844. The van der Waals surface area contributed by atoms with E-state index in [9.17, 15) is 22.4 Å². The lowest BCUT2D eigenvalue weighted by Gasteiger charge is -2.13. The smallest absolute Gasteiger partial charge is 0.267 e. The molecule has 0 unspecified atom stereocenters. The molecule has 7 nitrogen and oxygen atoms in total. The van der Waals surface area contributed by atoms with Gasteiger partial charge in [-0.2, -0.15) is 0 Å². The van der Waals surface area contributed by atoms with Gasteiger partial charge in [0, 0.05) is 24.7 Å². The number of rotatable bonds is 4. The number of carbonyl (C=O) groups excluding carboxylic acids is 2. The van der Waals surface area contributed by atoms with Crippen molar-refractivity contribution in [3.05, 3.63) is 64.4 Å². The lowest BCUT2D eigenvalue weighted by atomic mass is 10.2. The molecule has 0 spiro atoms. The molecule has 2 rings (SSSR count). The number of hydrazine groups is 1. The maximum atomic E-state index is 13.9. The molecular weight excluding hydrogens is 385 g/mol. The first-order chi connectivity index (χ1) is 12.1. The van der Waals surface area contributed by atoms with Gasteiger partial charge in [-0.1, -0.05) is 11.6 Å². The minimum Gasteiger partial charge on any atom is -0.267 e. The van der Waals surface area contributed by atoms with Gasteiger partial charge in [0.05, 0.1) is 10.5 Å². The molecule has 0 fully saturated rings. The Balaban J connectivity index is 2.17. The van der Waals surface area contributed by atoms with Gasteiger partial charge in [0.25, 0.3) is 11.8 Å². The number of halogens is 2. The maximum absolute atomic E-state index is 13.9. The third-order valence-electron chi connectivity index (χ3n) is 3.36. The number of sulfonamides is 1. The fraction of sp³-hybridized carbons (Fsp3) is 0.125. The minimum atomic E-state index is -3.84. The molecule has 0 aliphatic heterocycles. The number of nitrogens with zero attached hydrogens (tertiary/aromatic N) is 1. The molecule has 2 amide bonds. The summed E-state index contributed by atoms with van der Waals surface area (Å²) in [6.07, 6.45) is 0. The fourth-order valence-electron chi connectivity index (χ4n) is 1.90. The monoisotopic (exact) mass is 399 g/mol. The second-order valence-corrected chi connectivity index (χ2v) is 7.93. The molecule has 0 aromatic heterocycles. The summed E-state index contributed by atoms with van der Waals surface area (Å²) in [4.78, 5) is 23.8. The highest BCUT2D eigenvalue weighted by atomic mass is 35.5. The van der Waals surface area contributed by atoms with Crippen LogP contribution in [0.1, 0.15) is 20.7 Å². The summed E-state index contributed by atoms with van der Waals surface area (Å²) in [5, 5.41) is 0.437. The molecular formula is C16H15ClFN3O4S. The zero-order valence-electron chi connectivity index (χ0n) is 13.8. The molecule has 0 atom stereocenters. The van der Waals surface area contributed by atoms with Gasteiger partial charge >= 0.3 is 0 Å². The van der Waals surface area contributed by atoms with Crippen molar-refractivity contribution in [3.63, 3.8) is 0 Å². The van der Waals surface area contributed by atoms with Gasteiger partial charge in [0.15, 0.2) is 0 Å². The van der Waals surface area contributed by atoms with Gasteiger partial charge in [0.1, 0.15) is 5.82 Å². The molecule has 2 N–H and O–H groups in total. The Morgan fingerprint density at radius 1 is 1.00 bits per heavy atom. The SMILES string of the molecule is CN(C)S(=O)(=O)c1ccc(F)c(C(=O)NNC(=O)c2ccc(Cl)cc2)c1. The first-order valence-corrected chi connectivity index (χ1v) is 9.03. The average molecular weight is 400 g/mol. The molecule has 0 radical (unpaired) electrons. The molecule has 2 aromatic rings. The van der Waals surface area contributed by atoms with Crippen LogP contribution in [0.25, 0.3) is 0 Å². The van der Waals surface area contributed by atoms with E-state index in [4.69, 9.17) is 11.6 Å². The Kier molecular flexibility index (Phi) is 5.96. The number of amides is 2. The van der Waals surface area contributed by atoms with Crippen molar-refractivity contribution in [2.45, 2.75) is 4.90 Å². The summed E-state index contributed by atoms with van der Waals surface area (Å²) in [5.74, 6) is -2.57. The van der Waals surface area contributed by atoms with E-state index in [2.05, 4.69) is 5.43 Å². The highest BCUT2D eigenvalue weighted by molar-refractivity contribution is 7.89. The van der Waals surface area contributed by atoms with Crippen LogP contribution in [0.3, 0.4) is 0 Å². The van der Waals surface area contributed by atoms with Crippen LogP contribution in [-0.2, 0) is 10.0 Å². The zero-order valence-corrected chi connectivity index (χ0v) is 15.4. The van der Waals surface area contributed by atoms with Gasteiger partial charge in [-0.25, -0.2) is 17.1 Å². The van der Waals surface area contributed by atoms with Crippen LogP contribution in [0.15, 0.2) is 47.4 Å². The summed E-state index contributed by atoms with van der Waals surface area (Å²) in [6, 6.07) is 8.68. The fourth-order valence-corrected chi connectivity index (χ4v) is 2.96. The molecule has 2 aromatic carbocycles. The van der Waals surface area contributed by atoms with Gasteiger partial charge in [0.2, 0.25) is 10.0 Å². The van der Waals surface area contributed by atoms with Crippen LogP contribution in [0.5, 0.6) is 0 Å². The molecule has 0 saturated carbocycles. The molecule has 26 heavy (non-hydrogen) atoms. The summed E-state index contributed by atoms with van der Waals surface area (Å²) in [7, 11) is -1.22. The molecule has 0 bridgehead atoms. The quantitative estimate of drug-likeness (QED) is 0.766. The summed E-state index contributed by atoms with van der Waals surface area (Å²) >= 11 is 5.72. The number of carbonyl (C=O) groups is 2. The highest BCUT2D eigenvalue weighted by Gasteiger charge is 2.21. The zero-order chi connectivity index (χ0) is 19.5. The Hall–Kier alpha value is -2.49. The molecule has 0 heterocycles. The Morgan fingerprint density at radius 3 is 2.15 bits per heavy atom. The van der Waals surface area contributed by atoms with Crippen LogP contribution in [0.2, 0.25) is 5.02 Å². The van der Waals surface area contributed by atoms with Crippen molar-refractivity contribution in [1.82, 2.24) is 15.2 Å². The van der Waals surface area contributed by atoms with E-state index in [0.717, 1.165) is 22.5 Å². The summed E-state index contributed by atoms with van der Waals surface area (Å²) in [6.45, 7) is 0. The topological polar surface area (TPSA) is 95.6 Å². The second kappa shape index (κ2) is 7.81. The van der Waals surface area contributed by atoms with E-state index in [1.807, 2.05) is 5.43 Å². The van der Waals surface area contributed by atoms with E-state index in [1.165, 1.54) is 38.4 Å². The van der Waals surface area contributed by atoms with Gasteiger partial charge in [-0.05, 0) is 42.5 Å². The first kappa shape index (κ1) is 19.8. The Morgan fingerprint density at radius 2 is 1.58 bits per heavy atom. The second-order valence-electron chi connectivity index (χ2n) is 5.34. The van der Waals surface area contributed by atoms with Crippen molar-refractivity contribution in [3.8, 4) is 0 Å². The average Bonchev–Trinajstić information content (AvgIpc) is 2.60. The van der Waals surface area contributed by atoms with Crippen molar-refractivity contribution in [2.24, 2.45) is 0 Å². The predicted molar refractivity (Wildman–Crippen MR) is 93.7 cm³/mol. The standard InChI is InChI=1S/C16H15ClFN3O4S/c1-21(2)26(24,25)12-7-8-14(18)13(9-12)16(23)20-19-15(22)10-3-5-11(17)6-4-10/h3-9H,1-2H3,(H,19,22)(H,20,23). The highest BCUT2D eigenvalue weighted by Crippen LogP contribution is 2.17. The van der Waals surface area contributed by atoms with Crippen molar-refractivity contribution < 1.29 is 22.4 Å². The van der Waals surface area contributed by atoms with E-state index < -0.39 is 33.2 Å². The first-order valence-electron chi connectivity index (χ1n) is 7.21. The van der Waals surface area contributed by atoms with Crippen LogP contribution in [0, 0.1) is 5.82 Å². The largest absolute Gasteiger partial charge is 0.272 e. The third kappa shape index (κ3) is 4.37. The van der Waals surface area contributed by atoms with Gasteiger partial charge in [-0.3, -0.25) is 20.4 Å². The van der Waals surface area contributed by atoms with Crippen molar-refractivity contribution in [1.29, 1.82) is 0 Å². The molecule has 138 valence electrons. The predicted octanol–water partition coefficient (Wildman–Crippen LogP) is 1.80. The van der Waals surface area contributed by atoms with Crippen molar-refractivity contribution in [2.75, 3.05) is 14.1 Å². The number of hydrogen-bond donors (Lipinski definition) is 2. The summed E-state index contributed by atoms with van der Waals surface area (Å²) in [5.41, 5.74) is 3.86. The van der Waals surface area contributed by atoms with Crippen LogP contribution >= 0.6 is 11.6 Å². The van der Waals surface area contributed by atoms with E-state index >= 15 is 0 Å². The summed E-state index contributed by atoms with van der Waals surface area (Å²) < 4.78 is 39.0. The van der Waals surface area contributed by atoms with E-state index in [-0.39, 0.29) is 10.5 Å². The van der Waals surface area contributed by atoms with E-state index in [1.54, 1.807) is 0 Å². The molecule has 0 aliphatic rings. The Bertz CT molecular complexity index is 946. The van der Waals surface area contributed by atoms with Gasteiger partial charge in [-0.15, -0.1) is 0 Å². The number of hydrogen-bond acceptors (Lipinski definition) is 4. The number of nitrogens with one attached hydrogen (secondary N) is 2. The van der Waals surface area contributed by atoms with Crippen LogP contribution < -0.4 is 10.9 Å². The molecule has 10 heteroatoms. The lowest BCUT2D eigenvalue weighted by Crippen LogP contribution is -2.42. The third-order valence-corrected chi connectivity index (χ3v) is 5.42. The van der Waals surface area contributed by atoms with Crippen LogP contribution in [0.4, 0.5) is 4.39 Å². The van der Waals surface area contributed by atoms with Crippen molar-refractivity contribution >= 4 is 33.4 Å². The van der Waals surface area contributed by atoms with Crippen LogP contribution in [-0.4, -0.2) is 38.6 Å².